The number of rotatable bonds is 6. The topological polar surface area (TPSA) is 197 Å². The lowest BCUT2D eigenvalue weighted by Crippen LogP contribution is -2.56. The lowest BCUT2D eigenvalue weighted by atomic mass is 9.95. The number of cyclic esters (lactones) is 1. The van der Waals surface area contributed by atoms with Crippen molar-refractivity contribution in [1.82, 2.24) is 20.5 Å². The maximum absolute atomic E-state index is 14.5. The standard InChI is InChI=1S/C36H46ClN4O10P/c1-19-16-20(2)23(5)50-36(45)31(49-7)30(24-12-14-25(15-13-24)51-52(46,47)48)40-34(43)29(18-27-26-10-8-9-11-28(26)39-32(27)37)41(6)35(44)22(4)38-33(42)21(3)17-19/h8-16,20-23,29-31,39H,17-18H2,1-7H3,(H,38,42)(H,40,43)(H2,46,47,48). The summed E-state index contributed by atoms with van der Waals surface area (Å²) in [5, 5.41) is 6.67. The molecular weight excluding hydrogens is 715 g/mol. The molecule has 0 saturated carbocycles. The van der Waals surface area contributed by atoms with Crippen molar-refractivity contribution in [2.24, 2.45) is 11.8 Å². The van der Waals surface area contributed by atoms with Gasteiger partial charge in [0, 0.05) is 43.3 Å². The largest absolute Gasteiger partial charge is 0.524 e. The van der Waals surface area contributed by atoms with Crippen molar-refractivity contribution in [2.45, 2.75) is 77.8 Å². The summed E-state index contributed by atoms with van der Waals surface area (Å²) in [6, 6.07) is 9.21. The number of nitrogens with one attached hydrogen (secondary N) is 3. The number of carbonyl (C=O) groups is 4. The molecule has 2 heterocycles. The minimum absolute atomic E-state index is 0.0591. The summed E-state index contributed by atoms with van der Waals surface area (Å²) in [5.74, 6) is -3.30. The molecule has 282 valence electrons. The van der Waals surface area contributed by atoms with Crippen molar-refractivity contribution in [1.29, 1.82) is 0 Å². The van der Waals surface area contributed by atoms with Crippen LogP contribution in [0.5, 0.6) is 5.75 Å². The van der Waals surface area contributed by atoms with E-state index in [9.17, 15) is 33.5 Å². The monoisotopic (exact) mass is 760 g/mol. The number of carbonyl (C=O) groups excluding carboxylic acids is 4. The number of fused-ring (bicyclic) bond motifs is 1. The number of aromatic amines is 1. The normalized spacial score (nSPS) is 26.2. The van der Waals surface area contributed by atoms with Gasteiger partial charge in [-0.15, -0.1) is 0 Å². The highest BCUT2D eigenvalue weighted by Gasteiger charge is 2.38. The van der Waals surface area contributed by atoms with Gasteiger partial charge in [-0.05, 0) is 56.5 Å². The minimum atomic E-state index is -4.88. The zero-order valence-electron chi connectivity index (χ0n) is 30.1. The Morgan fingerprint density at radius 2 is 1.63 bits per heavy atom. The van der Waals surface area contributed by atoms with Crippen LogP contribution in [0, 0.1) is 11.8 Å². The quantitative estimate of drug-likeness (QED) is 0.135. The summed E-state index contributed by atoms with van der Waals surface area (Å²) in [4.78, 5) is 78.4. The number of nitrogens with zero attached hydrogens (tertiary/aromatic N) is 1. The molecule has 3 amide bonds. The van der Waals surface area contributed by atoms with Gasteiger partial charge in [0.05, 0.1) is 6.04 Å². The highest BCUT2D eigenvalue weighted by atomic mass is 35.5. The van der Waals surface area contributed by atoms with Crippen molar-refractivity contribution in [3.8, 4) is 5.75 Å². The molecule has 0 spiro atoms. The number of benzene rings is 2. The Bertz CT molecular complexity index is 1860. The summed E-state index contributed by atoms with van der Waals surface area (Å²) in [6.07, 6.45) is 0.194. The van der Waals surface area contributed by atoms with E-state index in [0.29, 0.717) is 17.5 Å². The van der Waals surface area contributed by atoms with Gasteiger partial charge in [0.1, 0.15) is 29.1 Å². The first-order valence-electron chi connectivity index (χ1n) is 16.8. The van der Waals surface area contributed by atoms with Gasteiger partial charge >= 0.3 is 13.8 Å². The summed E-state index contributed by atoms with van der Waals surface area (Å²) in [6.45, 7) is 8.76. The molecule has 0 radical (unpaired) electrons. The second-order valence-electron chi connectivity index (χ2n) is 13.3. The van der Waals surface area contributed by atoms with Crippen LogP contribution in [0.25, 0.3) is 10.9 Å². The van der Waals surface area contributed by atoms with Gasteiger partial charge in [-0.1, -0.05) is 67.4 Å². The van der Waals surface area contributed by atoms with Gasteiger partial charge < -0.3 is 34.5 Å². The van der Waals surface area contributed by atoms with Gasteiger partial charge in [0.2, 0.25) is 17.7 Å². The van der Waals surface area contributed by atoms with Crippen molar-refractivity contribution in [2.75, 3.05) is 14.2 Å². The zero-order valence-corrected chi connectivity index (χ0v) is 31.7. The predicted molar refractivity (Wildman–Crippen MR) is 194 cm³/mol. The van der Waals surface area contributed by atoms with E-state index in [-0.39, 0.29) is 29.1 Å². The highest BCUT2D eigenvalue weighted by molar-refractivity contribution is 7.46. The van der Waals surface area contributed by atoms with E-state index in [1.807, 2.05) is 44.2 Å². The molecule has 1 aliphatic heterocycles. The van der Waals surface area contributed by atoms with Crippen molar-refractivity contribution < 1.29 is 47.5 Å². The Labute approximate surface area is 307 Å². The van der Waals surface area contributed by atoms with Crippen molar-refractivity contribution in [3.63, 3.8) is 0 Å². The number of aromatic nitrogens is 1. The summed E-state index contributed by atoms with van der Waals surface area (Å²) >= 11 is 6.65. The van der Waals surface area contributed by atoms with Crippen LogP contribution in [-0.4, -0.2) is 81.8 Å². The molecule has 4 rings (SSSR count). The van der Waals surface area contributed by atoms with Gasteiger partial charge in [-0.25, -0.2) is 9.36 Å². The summed E-state index contributed by atoms with van der Waals surface area (Å²) < 4.78 is 27.7. The fourth-order valence-electron chi connectivity index (χ4n) is 6.25. The lowest BCUT2D eigenvalue weighted by Gasteiger charge is -2.33. The van der Waals surface area contributed by atoms with Crippen LogP contribution in [-0.2, 0) is 39.6 Å². The Balaban J connectivity index is 1.83. The Kier molecular flexibility index (Phi) is 13.3. The van der Waals surface area contributed by atoms with Gasteiger partial charge in [0.25, 0.3) is 0 Å². The first-order chi connectivity index (χ1) is 24.4. The molecule has 7 unspecified atom stereocenters. The molecule has 2 aromatic carbocycles. The van der Waals surface area contributed by atoms with Crippen LogP contribution in [0.15, 0.2) is 60.2 Å². The molecule has 52 heavy (non-hydrogen) atoms. The number of esters is 1. The van der Waals surface area contributed by atoms with Crippen LogP contribution in [0.1, 0.15) is 58.2 Å². The zero-order chi connectivity index (χ0) is 38.5. The van der Waals surface area contributed by atoms with E-state index in [1.165, 1.54) is 43.3 Å². The number of likely N-dealkylation sites (N-methyl/N-ethyl adjacent to an activating group) is 1. The van der Waals surface area contributed by atoms with Crippen LogP contribution in [0.3, 0.4) is 0 Å². The second-order valence-corrected chi connectivity index (χ2v) is 14.8. The number of phosphoric ester groups is 1. The Hall–Kier alpha value is -4.20. The minimum Gasteiger partial charge on any atom is -0.460 e. The molecule has 0 bridgehead atoms. The average Bonchev–Trinajstić information content (AvgIpc) is 3.39. The summed E-state index contributed by atoms with van der Waals surface area (Å²) in [7, 11) is -2.15. The Morgan fingerprint density at radius 1 is 0.981 bits per heavy atom. The second kappa shape index (κ2) is 17.1. The number of H-pyrrole nitrogens is 1. The molecule has 3 aromatic rings. The molecule has 16 heteroatoms. The maximum atomic E-state index is 14.5. The Morgan fingerprint density at radius 3 is 2.27 bits per heavy atom. The third kappa shape index (κ3) is 10.0. The number of allylic oxidation sites excluding steroid dienone is 1. The van der Waals surface area contributed by atoms with E-state index in [2.05, 4.69) is 20.1 Å². The molecule has 14 nitrogen and oxygen atoms in total. The number of hydrogen-bond donors (Lipinski definition) is 5. The average molecular weight is 761 g/mol. The number of phosphoric acid groups is 1. The van der Waals surface area contributed by atoms with E-state index in [4.69, 9.17) is 21.1 Å². The number of hydrogen-bond acceptors (Lipinski definition) is 8. The van der Waals surface area contributed by atoms with Gasteiger partial charge in [-0.2, -0.15) is 0 Å². The SMILES string of the molecule is COC1C(=O)OC(C)C(C)C=C(C)CC(C)C(=O)NC(C)C(=O)N(C)C(Cc2c(Cl)[nH]c3ccccc23)C(=O)NC1c1ccc(OP(=O)(O)O)cc1. The fraction of sp³-hybridized carbons (Fsp3) is 0.444. The number of amides is 3. The molecule has 0 aliphatic carbocycles. The maximum Gasteiger partial charge on any atom is 0.524 e. The third-order valence-corrected chi connectivity index (χ3v) is 9.99. The molecule has 0 fully saturated rings. The molecule has 1 aromatic heterocycles. The van der Waals surface area contributed by atoms with Crippen molar-refractivity contribution in [3.05, 3.63) is 76.5 Å². The summed E-state index contributed by atoms with van der Waals surface area (Å²) in [5.41, 5.74) is 2.47. The number of para-hydroxylation sites is 1. The first kappa shape index (κ1) is 40.6. The first-order valence-corrected chi connectivity index (χ1v) is 18.7. The number of ether oxygens (including phenoxy) is 2. The van der Waals surface area contributed by atoms with E-state index in [1.54, 1.807) is 20.8 Å². The highest BCUT2D eigenvalue weighted by Crippen LogP contribution is 2.38. The van der Waals surface area contributed by atoms with Crippen LogP contribution in [0.2, 0.25) is 5.15 Å². The number of halogens is 1. The number of methoxy groups -OCH3 is 1. The van der Waals surface area contributed by atoms with Gasteiger partial charge in [-0.3, -0.25) is 24.2 Å². The molecular formula is C36H46ClN4O10P. The van der Waals surface area contributed by atoms with Crippen LogP contribution in [0.4, 0.5) is 0 Å². The molecule has 7 atom stereocenters. The lowest BCUT2D eigenvalue weighted by molar-refractivity contribution is -0.164. The van der Waals surface area contributed by atoms with E-state index < -0.39 is 61.9 Å². The molecule has 1 aliphatic rings. The third-order valence-electron chi connectivity index (χ3n) is 9.22. The van der Waals surface area contributed by atoms with Crippen LogP contribution >= 0.6 is 19.4 Å². The smallest absolute Gasteiger partial charge is 0.460 e. The molecule has 0 saturated heterocycles. The van der Waals surface area contributed by atoms with Crippen molar-refractivity contribution >= 4 is 54.0 Å². The van der Waals surface area contributed by atoms with Crippen LogP contribution < -0.4 is 15.2 Å². The molecule has 5 N–H and O–H groups in total. The predicted octanol–water partition coefficient (Wildman–Crippen LogP) is 4.59. The van der Waals surface area contributed by atoms with Gasteiger partial charge in [0.15, 0.2) is 6.10 Å². The van der Waals surface area contributed by atoms with E-state index >= 15 is 0 Å². The van der Waals surface area contributed by atoms with E-state index in [0.717, 1.165) is 16.5 Å². The fourth-order valence-corrected chi connectivity index (χ4v) is 6.93.